The number of para-hydroxylation sites is 1. The molecule has 9 heteroatoms. The highest BCUT2D eigenvalue weighted by Gasteiger charge is 2.24. The fourth-order valence-corrected chi connectivity index (χ4v) is 2.94. The van der Waals surface area contributed by atoms with Gasteiger partial charge in [0, 0.05) is 38.6 Å². The van der Waals surface area contributed by atoms with Crippen molar-refractivity contribution in [1.29, 1.82) is 0 Å². The molecule has 1 saturated heterocycles. The Morgan fingerprint density at radius 1 is 0.929 bits per heavy atom. The summed E-state index contributed by atoms with van der Waals surface area (Å²) in [5.41, 5.74) is 0.554. The topological polar surface area (TPSA) is 87.1 Å². The molecule has 1 aromatic carbocycles. The van der Waals surface area contributed by atoms with E-state index in [0.717, 1.165) is 0 Å². The molecule has 8 nitrogen and oxygen atoms in total. The van der Waals surface area contributed by atoms with Gasteiger partial charge in [0.2, 0.25) is 5.95 Å². The van der Waals surface area contributed by atoms with Crippen molar-refractivity contribution in [2.45, 2.75) is 0 Å². The molecule has 2 aromatic heterocycles. The fourth-order valence-electron chi connectivity index (χ4n) is 2.94. The summed E-state index contributed by atoms with van der Waals surface area (Å²) in [5, 5.41) is 10.8. The van der Waals surface area contributed by atoms with Crippen LogP contribution in [0.15, 0.2) is 54.9 Å². The Balaban J connectivity index is 1.37. The van der Waals surface area contributed by atoms with E-state index in [1.807, 2.05) is 4.90 Å². The van der Waals surface area contributed by atoms with Gasteiger partial charge < -0.3 is 15.1 Å². The molecule has 3 aromatic rings. The van der Waals surface area contributed by atoms with Gasteiger partial charge in [0.05, 0.1) is 5.69 Å². The monoisotopic (exact) mass is 379 g/mol. The summed E-state index contributed by atoms with van der Waals surface area (Å²) in [5.74, 6) is 0.467. The number of aromatic nitrogens is 4. The molecule has 0 radical (unpaired) electrons. The quantitative estimate of drug-likeness (QED) is 0.743. The average molecular weight is 379 g/mol. The van der Waals surface area contributed by atoms with Gasteiger partial charge in [-0.05, 0) is 30.3 Å². The zero-order valence-electron chi connectivity index (χ0n) is 15.0. The largest absolute Gasteiger partial charge is 0.337 e. The molecule has 0 saturated carbocycles. The number of carbonyl (C=O) groups is 1. The SMILES string of the molecule is O=C(c1ccc(Nc2ccccc2F)nn1)N1CCN(c2ncccn2)CC1. The molecule has 1 aliphatic heterocycles. The smallest absolute Gasteiger partial charge is 0.274 e. The van der Waals surface area contributed by atoms with E-state index in [4.69, 9.17) is 0 Å². The number of nitrogens with zero attached hydrogens (tertiary/aromatic N) is 6. The normalized spacial score (nSPS) is 14.0. The zero-order valence-corrected chi connectivity index (χ0v) is 15.0. The minimum atomic E-state index is -0.385. The lowest BCUT2D eigenvalue weighted by atomic mass is 10.2. The number of rotatable bonds is 4. The van der Waals surface area contributed by atoms with E-state index in [9.17, 15) is 9.18 Å². The average Bonchev–Trinajstić information content (AvgIpc) is 2.76. The number of benzene rings is 1. The van der Waals surface area contributed by atoms with Crippen molar-refractivity contribution in [2.24, 2.45) is 0 Å². The highest BCUT2D eigenvalue weighted by molar-refractivity contribution is 5.92. The molecule has 3 heterocycles. The van der Waals surface area contributed by atoms with Crippen LogP contribution in [0.2, 0.25) is 0 Å². The van der Waals surface area contributed by atoms with E-state index in [0.29, 0.717) is 43.6 Å². The van der Waals surface area contributed by atoms with E-state index < -0.39 is 0 Å². The Kier molecular flexibility index (Phi) is 5.05. The molecule has 1 fully saturated rings. The number of anilines is 3. The van der Waals surface area contributed by atoms with E-state index in [1.165, 1.54) is 6.07 Å². The van der Waals surface area contributed by atoms with Gasteiger partial charge in [0.25, 0.3) is 5.91 Å². The second-order valence-corrected chi connectivity index (χ2v) is 6.24. The molecule has 0 bridgehead atoms. The maximum Gasteiger partial charge on any atom is 0.274 e. The molecule has 4 rings (SSSR count). The first kappa shape index (κ1) is 17.8. The van der Waals surface area contributed by atoms with Crippen molar-refractivity contribution in [2.75, 3.05) is 36.4 Å². The van der Waals surface area contributed by atoms with Gasteiger partial charge in [-0.2, -0.15) is 0 Å². The van der Waals surface area contributed by atoms with Crippen LogP contribution < -0.4 is 10.2 Å². The lowest BCUT2D eigenvalue weighted by molar-refractivity contribution is 0.0739. The highest BCUT2D eigenvalue weighted by Crippen LogP contribution is 2.18. The summed E-state index contributed by atoms with van der Waals surface area (Å²) in [6.45, 7) is 2.40. The van der Waals surface area contributed by atoms with Gasteiger partial charge in [-0.3, -0.25) is 4.79 Å². The number of carbonyl (C=O) groups excluding carboxylic acids is 1. The van der Waals surface area contributed by atoms with Crippen LogP contribution in [-0.2, 0) is 0 Å². The molecule has 1 N–H and O–H groups in total. The van der Waals surface area contributed by atoms with Crippen LogP contribution in [0.1, 0.15) is 10.5 Å². The Labute approximate surface area is 161 Å². The molecule has 1 amide bonds. The minimum Gasteiger partial charge on any atom is -0.337 e. The number of hydrogen-bond acceptors (Lipinski definition) is 7. The highest BCUT2D eigenvalue weighted by atomic mass is 19.1. The third kappa shape index (κ3) is 3.88. The second kappa shape index (κ2) is 7.95. The standard InChI is InChI=1S/C19H18FN7O/c20-14-4-1-2-5-15(14)23-17-7-6-16(24-25-17)18(28)26-10-12-27(13-11-26)19-21-8-3-9-22-19/h1-9H,10-13H2,(H,23,25). The zero-order chi connectivity index (χ0) is 19.3. The number of halogens is 1. The predicted molar refractivity (Wildman–Crippen MR) is 102 cm³/mol. The molecule has 28 heavy (non-hydrogen) atoms. The first-order valence-corrected chi connectivity index (χ1v) is 8.87. The number of hydrogen-bond donors (Lipinski definition) is 1. The minimum absolute atomic E-state index is 0.182. The Morgan fingerprint density at radius 2 is 1.68 bits per heavy atom. The predicted octanol–water partition coefficient (Wildman–Crippen LogP) is 2.11. The van der Waals surface area contributed by atoms with Crippen molar-refractivity contribution in [3.8, 4) is 0 Å². The maximum absolute atomic E-state index is 13.7. The first-order valence-electron chi connectivity index (χ1n) is 8.87. The van der Waals surface area contributed by atoms with Crippen LogP contribution in [-0.4, -0.2) is 57.2 Å². The van der Waals surface area contributed by atoms with Gasteiger partial charge in [-0.25, -0.2) is 14.4 Å². The maximum atomic E-state index is 13.7. The molecular formula is C19H18FN7O. The van der Waals surface area contributed by atoms with Crippen molar-refractivity contribution >= 4 is 23.4 Å². The molecule has 142 valence electrons. The lowest BCUT2D eigenvalue weighted by Crippen LogP contribution is -2.49. The fraction of sp³-hybridized carbons (Fsp3) is 0.211. The summed E-state index contributed by atoms with van der Waals surface area (Å²) in [4.78, 5) is 24.9. The van der Waals surface area contributed by atoms with Crippen molar-refractivity contribution < 1.29 is 9.18 Å². The van der Waals surface area contributed by atoms with Gasteiger partial charge in [-0.1, -0.05) is 12.1 Å². The van der Waals surface area contributed by atoms with Crippen molar-refractivity contribution in [3.05, 3.63) is 66.4 Å². The Bertz CT molecular complexity index is 944. The lowest BCUT2D eigenvalue weighted by Gasteiger charge is -2.34. The third-order valence-electron chi connectivity index (χ3n) is 4.42. The van der Waals surface area contributed by atoms with Gasteiger partial charge in [0.1, 0.15) is 5.82 Å². The van der Waals surface area contributed by atoms with Gasteiger partial charge >= 0.3 is 0 Å². The number of nitrogens with one attached hydrogen (secondary N) is 1. The van der Waals surface area contributed by atoms with Crippen molar-refractivity contribution in [1.82, 2.24) is 25.1 Å². The van der Waals surface area contributed by atoms with Gasteiger partial charge in [-0.15, -0.1) is 10.2 Å². The van der Waals surface area contributed by atoms with Crippen LogP contribution in [0.5, 0.6) is 0 Å². The van der Waals surface area contributed by atoms with E-state index in [-0.39, 0.29) is 17.4 Å². The molecular weight excluding hydrogens is 361 g/mol. The summed E-state index contributed by atoms with van der Waals surface area (Å²) in [6.07, 6.45) is 3.40. The van der Waals surface area contributed by atoms with Crippen LogP contribution in [0.3, 0.4) is 0 Å². The summed E-state index contributed by atoms with van der Waals surface area (Å²) < 4.78 is 13.7. The summed E-state index contributed by atoms with van der Waals surface area (Å²) in [6, 6.07) is 11.3. The number of amides is 1. The Hall–Kier alpha value is -3.62. The van der Waals surface area contributed by atoms with Crippen molar-refractivity contribution in [3.63, 3.8) is 0 Å². The van der Waals surface area contributed by atoms with E-state index in [2.05, 4.69) is 25.5 Å². The Morgan fingerprint density at radius 3 is 2.36 bits per heavy atom. The number of piperazine rings is 1. The molecule has 0 spiro atoms. The van der Waals surface area contributed by atoms with Crippen LogP contribution in [0.4, 0.5) is 21.8 Å². The molecule has 1 aliphatic rings. The first-order chi connectivity index (χ1) is 13.7. The van der Waals surface area contributed by atoms with Crippen LogP contribution in [0, 0.1) is 5.82 Å². The van der Waals surface area contributed by atoms with Gasteiger partial charge in [0.15, 0.2) is 11.5 Å². The molecule has 0 unspecified atom stereocenters. The van der Waals surface area contributed by atoms with Crippen LogP contribution >= 0.6 is 0 Å². The van der Waals surface area contributed by atoms with E-state index >= 15 is 0 Å². The van der Waals surface area contributed by atoms with Crippen LogP contribution in [0.25, 0.3) is 0 Å². The summed E-state index contributed by atoms with van der Waals surface area (Å²) >= 11 is 0. The molecule has 0 aliphatic carbocycles. The molecule has 0 atom stereocenters. The second-order valence-electron chi connectivity index (χ2n) is 6.24. The van der Waals surface area contributed by atoms with E-state index in [1.54, 1.807) is 53.7 Å². The third-order valence-corrected chi connectivity index (χ3v) is 4.42. The summed E-state index contributed by atoms with van der Waals surface area (Å²) in [7, 11) is 0.